The molecule has 0 aliphatic heterocycles. The number of ether oxygens (including phenoxy) is 1. The van der Waals surface area contributed by atoms with E-state index >= 15 is 0 Å². The quantitative estimate of drug-likeness (QED) is 0.368. The number of amides is 1. The van der Waals surface area contributed by atoms with Crippen LogP contribution in [0.4, 0.5) is 0 Å². The summed E-state index contributed by atoms with van der Waals surface area (Å²) in [5, 5.41) is 12.9. The molecule has 9 heteroatoms. The molecule has 1 N–H and O–H groups in total. The third kappa shape index (κ3) is 5.06. The van der Waals surface area contributed by atoms with Crippen molar-refractivity contribution < 1.29 is 9.53 Å². The summed E-state index contributed by atoms with van der Waals surface area (Å²) < 4.78 is 6.98. The molecule has 3 aromatic rings. The molecule has 34 heavy (non-hydrogen) atoms. The van der Waals surface area contributed by atoms with E-state index in [0.717, 1.165) is 17.3 Å². The summed E-state index contributed by atoms with van der Waals surface area (Å²) in [6, 6.07) is 12.6. The van der Waals surface area contributed by atoms with Crippen LogP contribution in [0.2, 0.25) is 5.02 Å². The highest BCUT2D eigenvalue weighted by molar-refractivity contribution is 8.00. The lowest BCUT2D eigenvalue weighted by molar-refractivity contribution is -0.121. The van der Waals surface area contributed by atoms with Crippen molar-refractivity contribution in [1.82, 2.24) is 14.9 Å². The van der Waals surface area contributed by atoms with E-state index in [1.807, 2.05) is 32.9 Å². The molecule has 0 saturated heterocycles. The van der Waals surface area contributed by atoms with Crippen LogP contribution in [-0.4, -0.2) is 33.4 Å². The summed E-state index contributed by atoms with van der Waals surface area (Å²) in [6.45, 7) is 9.07. The Labute approximate surface area is 208 Å². The van der Waals surface area contributed by atoms with E-state index < -0.39 is 10.8 Å². The second-order valence-corrected chi connectivity index (χ2v) is 10.3. The lowest BCUT2D eigenvalue weighted by Crippen LogP contribution is -2.51. The molecule has 0 fully saturated rings. The minimum atomic E-state index is -1.02. The van der Waals surface area contributed by atoms with Gasteiger partial charge in [-0.05, 0) is 62.6 Å². The van der Waals surface area contributed by atoms with E-state index in [9.17, 15) is 14.9 Å². The van der Waals surface area contributed by atoms with Gasteiger partial charge in [-0.15, -0.1) is 0 Å². The number of nitriles is 1. The van der Waals surface area contributed by atoms with Crippen molar-refractivity contribution >= 4 is 40.2 Å². The summed E-state index contributed by atoms with van der Waals surface area (Å²) >= 11 is 7.28. The number of rotatable bonds is 7. The van der Waals surface area contributed by atoms with Gasteiger partial charge in [0, 0.05) is 5.02 Å². The molecule has 0 bridgehead atoms. The van der Waals surface area contributed by atoms with Gasteiger partial charge in [0.25, 0.3) is 5.56 Å². The monoisotopic (exact) mass is 498 g/mol. The number of benzene rings is 2. The fourth-order valence-electron chi connectivity index (χ4n) is 3.28. The molecule has 1 heterocycles. The average molecular weight is 499 g/mol. The van der Waals surface area contributed by atoms with Crippen LogP contribution in [0.25, 0.3) is 16.6 Å². The van der Waals surface area contributed by atoms with Crippen LogP contribution in [0.3, 0.4) is 0 Å². The number of methoxy groups -OCH3 is 1. The van der Waals surface area contributed by atoms with Gasteiger partial charge in [-0.3, -0.25) is 14.2 Å². The Hall–Kier alpha value is -3.02. The van der Waals surface area contributed by atoms with Crippen molar-refractivity contribution in [2.75, 3.05) is 7.11 Å². The maximum atomic E-state index is 13.6. The van der Waals surface area contributed by atoms with Gasteiger partial charge >= 0.3 is 0 Å². The molecule has 3 rings (SSSR count). The standard InChI is InChI=1S/C25H27ClN4O3S/c1-14(2)25(5,13-27)29-22(31)16(4)34-24-28-19-12-17(26)8-9-18(19)23(32)30(24)20-11-15(3)7-10-21(20)33-6/h7-12,14,16H,1-6H3,(H,29,31). The largest absolute Gasteiger partial charge is 0.495 e. The molecule has 0 radical (unpaired) electrons. The van der Waals surface area contributed by atoms with E-state index in [4.69, 9.17) is 21.3 Å². The smallest absolute Gasteiger partial charge is 0.266 e. The zero-order valence-corrected chi connectivity index (χ0v) is 21.5. The summed E-state index contributed by atoms with van der Waals surface area (Å²) in [5.74, 6) is 0.0823. The minimum Gasteiger partial charge on any atom is -0.495 e. The van der Waals surface area contributed by atoms with Crippen molar-refractivity contribution in [3.8, 4) is 17.5 Å². The molecule has 0 saturated carbocycles. The van der Waals surface area contributed by atoms with Crippen LogP contribution < -0.4 is 15.6 Å². The van der Waals surface area contributed by atoms with Gasteiger partial charge in [0.05, 0.1) is 35.0 Å². The SMILES string of the molecule is COc1ccc(C)cc1-n1c(SC(C)C(=O)NC(C)(C#N)C(C)C)nc2cc(Cl)ccc2c1=O. The first-order valence-electron chi connectivity index (χ1n) is 10.8. The summed E-state index contributed by atoms with van der Waals surface area (Å²) in [6.07, 6.45) is 0. The highest BCUT2D eigenvalue weighted by atomic mass is 35.5. The molecular weight excluding hydrogens is 472 g/mol. The molecule has 2 atom stereocenters. The highest BCUT2D eigenvalue weighted by Crippen LogP contribution is 2.31. The predicted octanol–water partition coefficient (Wildman–Crippen LogP) is 4.89. The number of aryl methyl sites for hydroxylation is 1. The maximum Gasteiger partial charge on any atom is 0.266 e. The molecule has 0 spiro atoms. The van der Waals surface area contributed by atoms with Crippen LogP contribution in [0.1, 0.15) is 33.3 Å². The first-order chi connectivity index (χ1) is 16.0. The summed E-state index contributed by atoms with van der Waals surface area (Å²) in [4.78, 5) is 31.3. The number of halogens is 1. The fraction of sp³-hybridized carbons (Fsp3) is 0.360. The normalized spacial score (nSPS) is 13.9. The molecule has 2 aromatic carbocycles. The van der Waals surface area contributed by atoms with E-state index in [-0.39, 0.29) is 17.4 Å². The van der Waals surface area contributed by atoms with Crippen molar-refractivity contribution in [3.05, 3.63) is 57.3 Å². The zero-order valence-electron chi connectivity index (χ0n) is 20.0. The van der Waals surface area contributed by atoms with Gasteiger partial charge in [0.2, 0.25) is 5.91 Å². The first-order valence-corrected chi connectivity index (χ1v) is 12.0. The predicted molar refractivity (Wildman–Crippen MR) is 136 cm³/mol. The Bertz CT molecular complexity index is 1350. The first kappa shape index (κ1) is 25.6. The number of carbonyl (C=O) groups excluding carboxylic acids is 1. The average Bonchev–Trinajstić information content (AvgIpc) is 2.78. The highest BCUT2D eigenvalue weighted by Gasteiger charge is 2.32. The minimum absolute atomic E-state index is 0.0886. The lowest BCUT2D eigenvalue weighted by Gasteiger charge is -2.28. The van der Waals surface area contributed by atoms with Crippen LogP contribution in [-0.2, 0) is 4.79 Å². The maximum absolute atomic E-state index is 13.6. The second kappa shape index (κ2) is 10.1. The van der Waals surface area contributed by atoms with Gasteiger partial charge in [0.15, 0.2) is 5.16 Å². The molecule has 2 unspecified atom stereocenters. The third-order valence-electron chi connectivity index (χ3n) is 5.80. The number of aromatic nitrogens is 2. The van der Waals surface area contributed by atoms with E-state index in [2.05, 4.69) is 11.4 Å². The number of hydrogen-bond acceptors (Lipinski definition) is 6. The van der Waals surface area contributed by atoms with E-state index in [0.29, 0.717) is 32.5 Å². The summed E-state index contributed by atoms with van der Waals surface area (Å²) in [5.41, 5.74) is 0.568. The van der Waals surface area contributed by atoms with Crippen molar-refractivity contribution in [2.24, 2.45) is 5.92 Å². The van der Waals surface area contributed by atoms with Crippen molar-refractivity contribution in [2.45, 2.75) is 50.6 Å². The van der Waals surface area contributed by atoms with Gasteiger partial charge in [-0.1, -0.05) is 43.3 Å². The Balaban J connectivity index is 2.16. The van der Waals surface area contributed by atoms with E-state index in [1.54, 1.807) is 38.1 Å². The molecule has 0 aliphatic rings. The zero-order chi connectivity index (χ0) is 25.2. The van der Waals surface area contributed by atoms with Crippen molar-refractivity contribution in [3.63, 3.8) is 0 Å². The molecular formula is C25H27ClN4O3S. The number of hydrogen-bond donors (Lipinski definition) is 1. The molecule has 0 aliphatic carbocycles. The van der Waals surface area contributed by atoms with Gasteiger partial charge < -0.3 is 10.1 Å². The van der Waals surface area contributed by atoms with Crippen LogP contribution in [0, 0.1) is 24.2 Å². The van der Waals surface area contributed by atoms with E-state index in [1.165, 1.54) is 11.7 Å². The molecule has 1 amide bonds. The van der Waals surface area contributed by atoms with Crippen LogP contribution >= 0.6 is 23.4 Å². The number of thioether (sulfide) groups is 1. The Morgan fingerprint density at radius 1 is 1.26 bits per heavy atom. The van der Waals surface area contributed by atoms with Gasteiger partial charge in [0.1, 0.15) is 11.3 Å². The Morgan fingerprint density at radius 2 is 1.97 bits per heavy atom. The lowest BCUT2D eigenvalue weighted by atomic mass is 9.90. The molecule has 178 valence electrons. The number of fused-ring (bicyclic) bond motifs is 1. The Morgan fingerprint density at radius 3 is 2.59 bits per heavy atom. The number of nitrogens with zero attached hydrogens (tertiary/aromatic N) is 3. The summed E-state index contributed by atoms with van der Waals surface area (Å²) in [7, 11) is 1.53. The Kier molecular flexibility index (Phi) is 7.59. The van der Waals surface area contributed by atoms with Gasteiger partial charge in [-0.25, -0.2) is 4.98 Å². The topological polar surface area (TPSA) is 97.0 Å². The second-order valence-electron chi connectivity index (χ2n) is 8.59. The third-order valence-corrected chi connectivity index (χ3v) is 7.08. The molecule has 7 nitrogen and oxygen atoms in total. The fourth-order valence-corrected chi connectivity index (χ4v) is 4.36. The van der Waals surface area contributed by atoms with Crippen LogP contribution in [0.15, 0.2) is 46.3 Å². The molecule has 1 aromatic heterocycles. The number of nitrogens with one attached hydrogen (secondary N) is 1. The van der Waals surface area contributed by atoms with Crippen LogP contribution in [0.5, 0.6) is 5.75 Å². The number of carbonyl (C=O) groups is 1. The van der Waals surface area contributed by atoms with Crippen molar-refractivity contribution in [1.29, 1.82) is 5.26 Å². The van der Waals surface area contributed by atoms with Gasteiger partial charge in [-0.2, -0.15) is 5.26 Å².